The molecule has 7 nitrogen and oxygen atoms in total. The van der Waals surface area contributed by atoms with E-state index in [0.717, 1.165) is 12.2 Å². The van der Waals surface area contributed by atoms with Crippen LogP contribution in [0.4, 0.5) is 4.79 Å². The summed E-state index contributed by atoms with van der Waals surface area (Å²) in [5, 5.41) is 15.0. The van der Waals surface area contributed by atoms with E-state index in [4.69, 9.17) is 11.0 Å². The zero-order valence-corrected chi connectivity index (χ0v) is 11.9. The summed E-state index contributed by atoms with van der Waals surface area (Å²) in [6.45, 7) is 0. The van der Waals surface area contributed by atoms with Gasteiger partial charge in [0.2, 0.25) is 4.93 Å². The number of thiol groups is 1. The lowest BCUT2D eigenvalue weighted by atomic mass is 10.0. The van der Waals surface area contributed by atoms with Gasteiger partial charge in [0.1, 0.15) is 0 Å². The lowest BCUT2D eigenvalue weighted by Crippen LogP contribution is -2.39. The summed E-state index contributed by atoms with van der Waals surface area (Å²) >= 11 is 5.73. The molecule has 5 N–H and O–H groups in total. The van der Waals surface area contributed by atoms with Gasteiger partial charge in [-0.3, -0.25) is 4.84 Å². The van der Waals surface area contributed by atoms with Crippen LogP contribution in [0.25, 0.3) is 0 Å². The molecule has 0 saturated carbocycles. The number of urea groups is 1. The summed E-state index contributed by atoms with van der Waals surface area (Å²) in [5.41, 5.74) is 0. The molecule has 108 valence electrons. The Balaban J connectivity index is 1.80. The topological polar surface area (TPSA) is 114 Å². The lowest BCUT2D eigenvalue weighted by molar-refractivity contribution is -0.155. The molecule has 19 heavy (non-hydrogen) atoms. The molecule has 0 aromatic rings. The van der Waals surface area contributed by atoms with Crippen LogP contribution in [0.2, 0.25) is 0 Å². The Kier molecular flexibility index (Phi) is 4.49. The monoisotopic (exact) mass is 307 g/mol. The van der Waals surface area contributed by atoms with Crippen LogP contribution in [-0.2, 0) is 9.63 Å². The fourth-order valence-corrected chi connectivity index (χ4v) is 4.10. The van der Waals surface area contributed by atoms with Gasteiger partial charge in [-0.05, 0) is 19.3 Å². The van der Waals surface area contributed by atoms with E-state index < -0.39 is 10.9 Å². The summed E-state index contributed by atoms with van der Waals surface area (Å²) in [5.74, 6) is 4.67. The van der Waals surface area contributed by atoms with Crippen molar-refractivity contribution < 1.29 is 19.5 Å². The Labute approximate surface area is 120 Å². The van der Waals surface area contributed by atoms with Crippen molar-refractivity contribution in [2.45, 2.75) is 41.5 Å². The Hall–Kier alpha value is -0.640. The van der Waals surface area contributed by atoms with Crippen molar-refractivity contribution in [3.05, 3.63) is 0 Å². The van der Waals surface area contributed by atoms with Gasteiger partial charge >= 0.3 is 12.0 Å². The molecule has 2 rings (SSSR count). The molecule has 2 aliphatic heterocycles. The largest absolute Gasteiger partial charge is 0.478 e. The third-order valence-electron chi connectivity index (χ3n) is 3.47. The highest BCUT2D eigenvalue weighted by atomic mass is 32.2. The van der Waals surface area contributed by atoms with E-state index in [2.05, 4.69) is 28.1 Å². The summed E-state index contributed by atoms with van der Waals surface area (Å²) in [7, 11) is 0. The van der Waals surface area contributed by atoms with Crippen molar-refractivity contribution >= 4 is 36.4 Å². The molecule has 9 heteroatoms. The molecular weight excluding hydrogens is 290 g/mol. The van der Waals surface area contributed by atoms with E-state index in [9.17, 15) is 9.59 Å². The van der Waals surface area contributed by atoms with Crippen molar-refractivity contribution in [1.29, 1.82) is 0 Å². The minimum absolute atomic E-state index is 0.121. The fourth-order valence-electron chi connectivity index (χ4n) is 2.40. The average molecular weight is 307 g/mol. The summed E-state index contributed by atoms with van der Waals surface area (Å²) in [6, 6.07) is 0.170. The minimum Gasteiger partial charge on any atom is -0.478 e. The van der Waals surface area contributed by atoms with Crippen molar-refractivity contribution in [2.24, 2.45) is 5.90 Å². The van der Waals surface area contributed by atoms with Gasteiger partial charge in [-0.1, -0.05) is 0 Å². The normalized spacial score (nSPS) is 32.3. The number of nitrogens with two attached hydrogens (primary N) is 1. The number of hydrogen-bond acceptors (Lipinski definition) is 6. The highest BCUT2D eigenvalue weighted by molar-refractivity contribution is 8.00. The van der Waals surface area contributed by atoms with Gasteiger partial charge in [0.05, 0.1) is 12.1 Å². The summed E-state index contributed by atoms with van der Waals surface area (Å²) in [4.78, 5) is 25.0. The van der Waals surface area contributed by atoms with Crippen molar-refractivity contribution in [1.82, 2.24) is 10.6 Å². The zero-order chi connectivity index (χ0) is 14.0. The second kappa shape index (κ2) is 5.78. The number of amides is 2. The van der Waals surface area contributed by atoms with Gasteiger partial charge in [0.15, 0.2) is 0 Å². The Bertz CT molecular complexity index is 384. The van der Waals surface area contributed by atoms with E-state index in [0.29, 0.717) is 6.42 Å². The number of hydrogen-bond donors (Lipinski definition) is 5. The van der Waals surface area contributed by atoms with E-state index in [1.54, 1.807) is 11.8 Å². The molecule has 2 amide bonds. The number of carboxylic acids is 1. The minimum atomic E-state index is -1.64. The molecule has 0 radical (unpaired) electrons. The van der Waals surface area contributed by atoms with Crippen LogP contribution in [0, 0.1) is 0 Å². The molecule has 0 aliphatic carbocycles. The molecule has 0 aromatic carbocycles. The Morgan fingerprint density at radius 2 is 2.37 bits per heavy atom. The third kappa shape index (κ3) is 3.10. The van der Waals surface area contributed by atoms with Crippen LogP contribution in [0.3, 0.4) is 0 Å². The van der Waals surface area contributed by atoms with Gasteiger partial charge in [-0.15, -0.1) is 12.6 Å². The molecule has 1 unspecified atom stereocenters. The van der Waals surface area contributed by atoms with Crippen LogP contribution >= 0.6 is 24.4 Å². The first-order valence-electron chi connectivity index (χ1n) is 5.98. The number of nitrogens with one attached hydrogen (secondary N) is 2. The van der Waals surface area contributed by atoms with E-state index in [-0.39, 0.29) is 29.8 Å². The average Bonchev–Trinajstić information content (AvgIpc) is 2.89. The highest BCUT2D eigenvalue weighted by Gasteiger charge is 2.43. The number of carboxylic acid groups (broad SMARTS) is 1. The van der Waals surface area contributed by atoms with Crippen molar-refractivity contribution in [3.8, 4) is 0 Å². The molecule has 2 fully saturated rings. The lowest BCUT2D eigenvalue weighted by Gasteiger charge is -2.22. The molecule has 0 spiro atoms. The van der Waals surface area contributed by atoms with Crippen LogP contribution < -0.4 is 16.5 Å². The van der Waals surface area contributed by atoms with Gasteiger partial charge in [0, 0.05) is 11.0 Å². The quantitative estimate of drug-likeness (QED) is 0.203. The maximum Gasteiger partial charge on any atom is 0.348 e. The first kappa shape index (κ1) is 14.8. The van der Waals surface area contributed by atoms with Crippen LogP contribution in [0.15, 0.2) is 0 Å². The van der Waals surface area contributed by atoms with E-state index in [1.165, 1.54) is 0 Å². The second-order valence-corrected chi connectivity index (χ2v) is 6.72. The Morgan fingerprint density at radius 3 is 3.00 bits per heavy atom. The second-order valence-electron chi connectivity index (χ2n) is 4.72. The number of thioether (sulfide) groups is 1. The van der Waals surface area contributed by atoms with Crippen molar-refractivity contribution in [3.63, 3.8) is 0 Å². The molecule has 0 aromatic heterocycles. The van der Waals surface area contributed by atoms with E-state index >= 15 is 0 Å². The van der Waals surface area contributed by atoms with Crippen LogP contribution in [0.1, 0.15) is 19.3 Å². The molecule has 4 atom stereocenters. The molecule has 2 heterocycles. The molecule has 2 aliphatic rings. The zero-order valence-electron chi connectivity index (χ0n) is 10.2. The van der Waals surface area contributed by atoms with E-state index in [1.807, 2.05) is 0 Å². The van der Waals surface area contributed by atoms with Crippen LogP contribution in [0.5, 0.6) is 0 Å². The first-order valence-corrected chi connectivity index (χ1v) is 7.48. The van der Waals surface area contributed by atoms with Gasteiger partial charge in [0.25, 0.3) is 0 Å². The molecular formula is C10H17N3O4S2. The Morgan fingerprint density at radius 1 is 1.63 bits per heavy atom. The van der Waals surface area contributed by atoms with Gasteiger partial charge in [-0.2, -0.15) is 11.8 Å². The standard InChI is InChI=1S/C10H17N3O4S2/c11-17-10(18,8(14)15)3-1-2-6-7-5(4-19-6)12-9(16)13-7/h5-7,18H,1-4,11H2,(H,14,15)(H2,12,13,16)/t5-,6-,7-,10?/m0/s1. The molecule has 0 bridgehead atoms. The maximum atomic E-state index is 11.2. The predicted octanol–water partition coefficient (Wildman–Crippen LogP) is -0.0769. The highest BCUT2D eigenvalue weighted by Crippen LogP contribution is 2.34. The summed E-state index contributed by atoms with van der Waals surface area (Å²) in [6.07, 6.45) is 1.62. The predicted molar refractivity (Wildman–Crippen MR) is 74.0 cm³/mol. The first-order chi connectivity index (χ1) is 8.96. The van der Waals surface area contributed by atoms with Gasteiger partial charge in [-0.25, -0.2) is 15.5 Å². The number of rotatable bonds is 6. The summed E-state index contributed by atoms with van der Waals surface area (Å²) < 4.78 is 0. The number of carbonyl (C=O) groups excluding carboxylic acids is 1. The smallest absolute Gasteiger partial charge is 0.348 e. The van der Waals surface area contributed by atoms with Crippen LogP contribution in [-0.4, -0.2) is 45.1 Å². The number of aliphatic carboxylic acids is 1. The fraction of sp³-hybridized carbons (Fsp3) is 0.800. The number of fused-ring (bicyclic) bond motifs is 1. The van der Waals surface area contributed by atoms with Gasteiger partial charge < -0.3 is 15.7 Å². The number of carbonyl (C=O) groups is 2. The third-order valence-corrected chi connectivity index (χ3v) is 5.50. The maximum absolute atomic E-state index is 11.2. The van der Waals surface area contributed by atoms with Crippen molar-refractivity contribution in [2.75, 3.05) is 5.75 Å². The molecule has 2 saturated heterocycles. The SMILES string of the molecule is NOC(S)(CCC[C@@H]1SC[C@@H]2NC(=O)N[C@@H]21)C(=O)O.